The molecular formula is C14H19N5O. The van der Waals surface area contributed by atoms with Crippen LogP contribution in [0.2, 0.25) is 0 Å². The van der Waals surface area contributed by atoms with E-state index < -0.39 is 0 Å². The molecule has 0 saturated heterocycles. The maximum absolute atomic E-state index is 8.90. The zero-order chi connectivity index (χ0) is 14.2. The summed E-state index contributed by atoms with van der Waals surface area (Å²) >= 11 is 0. The minimum atomic E-state index is -0.135. The molecule has 1 aromatic carbocycles. The Balaban J connectivity index is 1.89. The SMILES string of the molecule is NC(=NO)C(CNCCn1ccnc1)c1ccccc1. The average molecular weight is 273 g/mol. The predicted molar refractivity (Wildman–Crippen MR) is 77.7 cm³/mol. The number of nitrogens with one attached hydrogen (secondary N) is 1. The van der Waals surface area contributed by atoms with Gasteiger partial charge in [-0.3, -0.25) is 0 Å². The van der Waals surface area contributed by atoms with Crippen LogP contribution in [0.4, 0.5) is 0 Å². The molecule has 20 heavy (non-hydrogen) atoms. The van der Waals surface area contributed by atoms with Gasteiger partial charge in [-0.2, -0.15) is 0 Å². The number of hydrogen-bond donors (Lipinski definition) is 3. The highest BCUT2D eigenvalue weighted by molar-refractivity contribution is 5.87. The lowest BCUT2D eigenvalue weighted by Crippen LogP contribution is -2.33. The first-order chi connectivity index (χ1) is 9.81. The maximum Gasteiger partial charge on any atom is 0.147 e. The second-order valence-corrected chi connectivity index (χ2v) is 4.49. The predicted octanol–water partition coefficient (Wildman–Crippen LogP) is 1.00. The van der Waals surface area contributed by atoms with Crippen LogP contribution in [-0.2, 0) is 6.54 Å². The molecule has 106 valence electrons. The molecule has 4 N–H and O–H groups in total. The van der Waals surface area contributed by atoms with Crippen molar-refractivity contribution in [3.05, 3.63) is 54.6 Å². The summed E-state index contributed by atoms with van der Waals surface area (Å²) in [5, 5.41) is 15.3. The molecule has 2 rings (SSSR count). The van der Waals surface area contributed by atoms with Gasteiger partial charge in [-0.15, -0.1) is 0 Å². The van der Waals surface area contributed by atoms with E-state index in [0.29, 0.717) is 6.54 Å². The lowest BCUT2D eigenvalue weighted by atomic mass is 9.98. The first-order valence-electron chi connectivity index (χ1n) is 6.50. The fourth-order valence-corrected chi connectivity index (χ4v) is 2.02. The van der Waals surface area contributed by atoms with Crippen LogP contribution in [0.3, 0.4) is 0 Å². The lowest BCUT2D eigenvalue weighted by Gasteiger charge is -2.16. The van der Waals surface area contributed by atoms with Gasteiger partial charge >= 0.3 is 0 Å². The van der Waals surface area contributed by atoms with E-state index in [-0.39, 0.29) is 11.8 Å². The van der Waals surface area contributed by atoms with Crippen LogP contribution >= 0.6 is 0 Å². The molecule has 6 nitrogen and oxygen atoms in total. The van der Waals surface area contributed by atoms with Crippen LogP contribution in [0.5, 0.6) is 0 Å². The maximum atomic E-state index is 8.90. The third-order valence-electron chi connectivity index (χ3n) is 3.13. The van der Waals surface area contributed by atoms with Crippen LogP contribution < -0.4 is 11.1 Å². The molecule has 6 heteroatoms. The summed E-state index contributed by atoms with van der Waals surface area (Å²) in [6, 6.07) is 9.77. The Morgan fingerprint density at radius 3 is 2.85 bits per heavy atom. The second kappa shape index (κ2) is 7.30. The number of hydrogen-bond acceptors (Lipinski definition) is 4. The number of imidazole rings is 1. The molecule has 0 fully saturated rings. The van der Waals surface area contributed by atoms with E-state index >= 15 is 0 Å². The molecule has 1 aromatic heterocycles. The topological polar surface area (TPSA) is 88.5 Å². The van der Waals surface area contributed by atoms with Crippen molar-refractivity contribution in [3.63, 3.8) is 0 Å². The van der Waals surface area contributed by atoms with E-state index in [9.17, 15) is 0 Å². The van der Waals surface area contributed by atoms with Crippen LogP contribution in [0.25, 0.3) is 0 Å². The molecule has 0 saturated carbocycles. The van der Waals surface area contributed by atoms with Gasteiger partial charge in [0, 0.05) is 32.0 Å². The van der Waals surface area contributed by atoms with Crippen LogP contribution in [-0.4, -0.2) is 33.7 Å². The summed E-state index contributed by atoms with van der Waals surface area (Å²) in [4.78, 5) is 3.99. The number of amidine groups is 1. The van der Waals surface area contributed by atoms with Gasteiger partial charge in [-0.05, 0) is 5.56 Å². The summed E-state index contributed by atoms with van der Waals surface area (Å²) in [5.74, 6) is 0.0790. The van der Waals surface area contributed by atoms with Crippen molar-refractivity contribution in [2.45, 2.75) is 12.5 Å². The average Bonchev–Trinajstić information content (AvgIpc) is 3.01. The Labute approximate surface area is 117 Å². The molecule has 0 radical (unpaired) electrons. The first-order valence-corrected chi connectivity index (χ1v) is 6.50. The van der Waals surface area contributed by atoms with Crippen molar-refractivity contribution >= 4 is 5.84 Å². The van der Waals surface area contributed by atoms with Gasteiger partial charge in [0.25, 0.3) is 0 Å². The van der Waals surface area contributed by atoms with Crippen molar-refractivity contribution in [2.24, 2.45) is 10.9 Å². The Morgan fingerprint density at radius 2 is 2.20 bits per heavy atom. The number of rotatable bonds is 7. The third-order valence-corrected chi connectivity index (χ3v) is 3.13. The molecule has 2 aromatic rings. The largest absolute Gasteiger partial charge is 0.409 e. The lowest BCUT2D eigenvalue weighted by molar-refractivity contribution is 0.315. The van der Waals surface area contributed by atoms with Crippen LogP contribution in [0, 0.1) is 0 Å². The van der Waals surface area contributed by atoms with E-state index in [1.807, 2.05) is 41.1 Å². The Hall–Kier alpha value is -2.34. The zero-order valence-electron chi connectivity index (χ0n) is 11.2. The van der Waals surface area contributed by atoms with Crippen molar-refractivity contribution < 1.29 is 5.21 Å². The smallest absolute Gasteiger partial charge is 0.147 e. The van der Waals surface area contributed by atoms with Crippen LogP contribution in [0.15, 0.2) is 54.2 Å². The molecule has 0 aliphatic carbocycles. The highest BCUT2D eigenvalue weighted by Crippen LogP contribution is 2.14. The molecule has 0 aliphatic heterocycles. The molecule has 0 amide bonds. The molecule has 0 bridgehead atoms. The van der Waals surface area contributed by atoms with Crippen molar-refractivity contribution in [3.8, 4) is 0 Å². The third kappa shape index (κ3) is 3.83. The van der Waals surface area contributed by atoms with Gasteiger partial charge < -0.3 is 20.8 Å². The van der Waals surface area contributed by atoms with E-state index in [0.717, 1.165) is 18.7 Å². The van der Waals surface area contributed by atoms with Gasteiger partial charge in [-0.1, -0.05) is 35.5 Å². The summed E-state index contributed by atoms with van der Waals surface area (Å²) in [5.41, 5.74) is 6.80. The number of nitrogens with zero attached hydrogens (tertiary/aromatic N) is 3. The second-order valence-electron chi connectivity index (χ2n) is 4.49. The van der Waals surface area contributed by atoms with E-state index in [1.54, 1.807) is 12.5 Å². The van der Waals surface area contributed by atoms with E-state index in [4.69, 9.17) is 10.9 Å². The first kappa shape index (κ1) is 14.1. The minimum absolute atomic E-state index is 0.135. The van der Waals surface area contributed by atoms with Crippen molar-refractivity contribution in [1.82, 2.24) is 14.9 Å². The normalized spacial score (nSPS) is 13.3. The number of oxime groups is 1. The van der Waals surface area contributed by atoms with Gasteiger partial charge in [0.05, 0.1) is 12.2 Å². The Bertz CT molecular complexity index is 524. The standard InChI is InChI=1S/C14H19N5O/c15-14(18-20)13(12-4-2-1-3-5-12)10-16-6-8-19-9-7-17-11-19/h1-5,7,9,11,13,16,20H,6,8,10H2,(H2,15,18). The van der Waals surface area contributed by atoms with Gasteiger partial charge in [0.1, 0.15) is 5.84 Å². The summed E-state index contributed by atoms with van der Waals surface area (Å²) < 4.78 is 1.99. The number of aromatic nitrogens is 2. The fourth-order valence-electron chi connectivity index (χ4n) is 2.02. The Kier molecular flexibility index (Phi) is 5.14. The van der Waals surface area contributed by atoms with Crippen LogP contribution in [0.1, 0.15) is 11.5 Å². The summed E-state index contributed by atoms with van der Waals surface area (Å²) in [6.07, 6.45) is 5.45. The highest BCUT2D eigenvalue weighted by atomic mass is 16.4. The Morgan fingerprint density at radius 1 is 1.40 bits per heavy atom. The van der Waals surface area contributed by atoms with Gasteiger partial charge in [0.2, 0.25) is 0 Å². The highest BCUT2D eigenvalue weighted by Gasteiger charge is 2.15. The molecule has 0 aliphatic rings. The van der Waals surface area contributed by atoms with Crippen molar-refractivity contribution in [1.29, 1.82) is 0 Å². The van der Waals surface area contributed by atoms with E-state index in [2.05, 4.69) is 15.5 Å². The molecule has 1 atom stereocenters. The minimum Gasteiger partial charge on any atom is -0.409 e. The quantitative estimate of drug-likeness (QED) is 0.231. The molecule has 1 heterocycles. The number of benzene rings is 1. The zero-order valence-corrected chi connectivity index (χ0v) is 11.2. The van der Waals surface area contributed by atoms with Gasteiger partial charge in [0.15, 0.2) is 0 Å². The monoisotopic (exact) mass is 273 g/mol. The molecule has 0 spiro atoms. The summed E-state index contributed by atoms with van der Waals surface area (Å²) in [7, 11) is 0. The summed E-state index contributed by atoms with van der Waals surface area (Å²) in [6.45, 7) is 2.24. The van der Waals surface area contributed by atoms with Crippen molar-refractivity contribution in [2.75, 3.05) is 13.1 Å². The van der Waals surface area contributed by atoms with E-state index in [1.165, 1.54) is 0 Å². The number of nitrogens with two attached hydrogens (primary N) is 1. The fraction of sp³-hybridized carbons (Fsp3) is 0.286. The van der Waals surface area contributed by atoms with Gasteiger partial charge in [-0.25, -0.2) is 4.98 Å². The molecule has 1 unspecified atom stereocenters. The molecular weight excluding hydrogens is 254 g/mol.